The number of hydrogen-bond acceptors (Lipinski definition) is 4. The van der Waals surface area contributed by atoms with E-state index in [2.05, 4.69) is 25.5 Å². The molecule has 1 atom stereocenters. The molecule has 2 aromatic heterocycles. The maximum Gasteiger partial charge on any atom is 0.281 e. The van der Waals surface area contributed by atoms with E-state index in [1.54, 1.807) is 10.6 Å². The standard InChI is InChI=1S/C20H24N4O2S/c1-5-12(2)11-23-13(3)19-16(10-18(23)25)22-24(20(19)26)14(4)27-17-9-7-6-8-15(17)21/h6-10,12,22H,4-5,11,21H2,1-3H3. The topological polar surface area (TPSA) is 85.8 Å². The lowest BCUT2D eigenvalue weighted by Crippen LogP contribution is -2.25. The lowest BCUT2D eigenvalue weighted by Gasteiger charge is -2.14. The number of benzene rings is 1. The Kier molecular flexibility index (Phi) is 5.32. The number of hydrogen-bond donors (Lipinski definition) is 2. The molecule has 0 saturated heterocycles. The van der Waals surface area contributed by atoms with Crippen LogP contribution in [0, 0.1) is 12.8 Å². The molecule has 0 radical (unpaired) electrons. The number of pyridine rings is 1. The van der Waals surface area contributed by atoms with Crippen molar-refractivity contribution in [3.8, 4) is 0 Å². The van der Waals surface area contributed by atoms with E-state index in [0.717, 1.165) is 11.3 Å². The predicted octanol–water partition coefficient (Wildman–Crippen LogP) is 3.65. The fourth-order valence-corrected chi connectivity index (χ4v) is 3.81. The van der Waals surface area contributed by atoms with Gasteiger partial charge in [-0.15, -0.1) is 0 Å². The minimum absolute atomic E-state index is 0.112. The van der Waals surface area contributed by atoms with Gasteiger partial charge in [-0.3, -0.25) is 14.7 Å². The molecule has 0 aliphatic carbocycles. The SMILES string of the molecule is C=C(Sc1ccccc1N)n1[nH]c2cc(=O)n(CC(C)CC)c(C)c2c1=O. The molecule has 27 heavy (non-hydrogen) atoms. The van der Waals surface area contributed by atoms with Crippen molar-refractivity contribution in [2.45, 2.75) is 38.6 Å². The van der Waals surface area contributed by atoms with Crippen molar-refractivity contribution < 1.29 is 0 Å². The van der Waals surface area contributed by atoms with Gasteiger partial charge in [0.15, 0.2) is 0 Å². The average molecular weight is 385 g/mol. The van der Waals surface area contributed by atoms with Gasteiger partial charge in [0, 0.05) is 28.9 Å². The first-order valence-electron chi connectivity index (χ1n) is 8.90. The first kappa shape index (κ1) is 19.1. The van der Waals surface area contributed by atoms with Gasteiger partial charge in [-0.25, -0.2) is 4.68 Å². The van der Waals surface area contributed by atoms with Crippen LogP contribution < -0.4 is 16.9 Å². The Morgan fingerprint density at radius 3 is 2.70 bits per heavy atom. The molecule has 0 spiro atoms. The van der Waals surface area contributed by atoms with Gasteiger partial charge >= 0.3 is 0 Å². The summed E-state index contributed by atoms with van der Waals surface area (Å²) in [6, 6.07) is 8.89. The largest absolute Gasteiger partial charge is 0.398 e. The van der Waals surface area contributed by atoms with Crippen LogP contribution in [0.25, 0.3) is 15.9 Å². The van der Waals surface area contributed by atoms with E-state index >= 15 is 0 Å². The quantitative estimate of drug-likeness (QED) is 0.502. The highest BCUT2D eigenvalue weighted by molar-refractivity contribution is 8.08. The number of nitrogen functional groups attached to an aromatic ring is 1. The number of aryl methyl sites for hydroxylation is 1. The molecule has 0 bridgehead atoms. The van der Waals surface area contributed by atoms with Crippen LogP contribution in [0.2, 0.25) is 0 Å². The molecule has 0 aliphatic heterocycles. The number of H-pyrrole nitrogens is 1. The molecule has 1 unspecified atom stereocenters. The van der Waals surface area contributed by atoms with E-state index in [4.69, 9.17) is 5.73 Å². The van der Waals surface area contributed by atoms with Gasteiger partial charge in [0.05, 0.1) is 15.9 Å². The number of anilines is 1. The van der Waals surface area contributed by atoms with E-state index < -0.39 is 0 Å². The van der Waals surface area contributed by atoms with Crippen molar-refractivity contribution in [2.75, 3.05) is 5.73 Å². The van der Waals surface area contributed by atoms with Crippen molar-refractivity contribution >= 4 is 33.4 Å². The van der Waals surface area contributed by atoms with E-state index in [1.807, 2.05) is 25.1 Å². The van der Waals surface area contributed by atoms with E-state index in [9.17, 15) is 9.59 Å². The average Bonchev–Trinajstić information content (AvgIpc) is 2.96. The van der Waals surface area contributed by atoms with Gasteiger partial charge in [-0.1, -0.05) is 50.7 Å². The Hall–Kier alpha value is -2.67. The molecule has 0 fully saturated rings. The molecule has 6 nitrogen and oxygen atoms in total. The highest BCUT2D eigenvalue weighted by Gasteiger charge is 2.17. The summed E-state index contributed by atoms with van der Waals surface area (Å²) in [6.45, 7) is 10.6. The highest BCUT2D eigenvalue weighted by Crippen LogP contribution is 2.32. The zero-order chi connectivity index (χ0) is 19.7. The van der Waals surface area contributed by atoms with E-state index in [1.165, 1.54) is 22.5 Å². The van der Waals surface area contributed by atoms with E-state index in [-0.39, 0.29) is 11.1 Å². The number of rotatable bonds is 6. The second-order valence-electron chi connectivity index (χ2n) is 6.77. The summed E-state index contributed by atoms with van der Waals surface area (Å²) < 4.78 is 3.06. The third-order valence-electron chi connectivity index (χ3n) is 4.81. The lowest BCUT2D eigenvalue weighted by molar-refractivity contribution is 0.455. The normalized spacial score (nSPS) is 12.4. The second kappa shape index (κ2) is 7.52. The van der Waals surface area contributed by atoms with Crippen molar-refractivity contribution in [1.82, 2.24) is 14.3 Å². The summed E-state index contributed by atoms with van der Waals surface area (Å²) in [7, 11) is 0. The smallest absolute Gasteiger partial charge is 0.281 e. The predicted molar refractivity (Wildman–Crippen MR) is 113 cm³/mol. The number of aromatic amines is 1. The van der Waals surface area contributed by atoms with Gasteiger partial charge < -0.3 is 10.3 Å². The molecular formula is C20H24N4O2S. The first-order valence-corrected chi connectivity index (χ1v) is 9.72. The van der Waals surface area contributed by atoms with Crippen molar-refractivity contribution in [3.05, 3.63) is 63.3 Å². The van der Waals surface area contributed by atoms with Crippen LogP contribution in [-0.4, -0.2) is 14.3 Å². The highest BCUT2D eigenvalue weighted by atomic mass is 32.2. The minimum atomic E-state index is -0.215. The molecule has 3 rings (SSSR count). The molecule has 0 amide bonds. The summed E-state index contributed by atoms with van der Waals surface area (Å²) in [5, 5.41) is 4.02. The van der Waals surface area contributed by atoms with Crippen LogP contribution in [0.15, 0.2) is 51.4 Å². The number of para-hydroxylation sites is 1. The van der Waals surface area contributed by atoms with Crippen LogP contribution in [0.1, 0.15) is 26.0 Å². The molecule has 3 aromatic rings. The third kappa shape index (κ3) is 3.60. The van der Waals surface area contributed by atoms with Crippen LogP contribution in [0.4, 0.5) is 5.69 Å². The number of nitrogens with one attached hydrogen (secondary N) is 1. The Morgan fingerprint density at radius 1 is 1.33 bits per heavy atom. The molecule has 142 valence electrons. The number of nitrogens with zero attached hydrogens (tertiary/aromatic N) is 2. The maximum atomic E-state index is 13.0. The summed E-state index contributed by atoms with van der Waals surface area (Å²) in [6.07, 6.45) is 0.966. The third-order valence-corrected chi connectivity index (χ3v) is 5.82. The van der Waals surface area contributed by atoms with Crippen molar-refractivity contribution in [1.29, 1.82) is 0 Å². The fraction of sp³-hybridized carbons (Fsp3) is 0.300. The molecule has 3 N–H and O–H groups in total. The van der Waals surface area contributed by atoms with E-state index in [0.29, 0.717) is 39.8 Å². The fourth-order valence-electron chi connectivity index (χ4n) is 3.00. The molecular weight excluding hydrogens is 360 g/mol. The molecule has 0 aliphatic rings. The van der Waals surface area contributed by atoms with Crippen LogP contribution in [0.3, 0.4) is 0 Å². The maximum absolute atomic E-state index is 13.0. The Labute approximate surface area is 161 Å². The number of thioether (sulfide) groups is 1. The molecule has 1 aromatic carbocycles. The number of aromatic nitrogens is 3. The first-order chi connectivity index (χ1) is 12.8. The summed E-state index contributed by atoms with van der Waals surface area (Å²) >= 11 is 1.31. The second-order valence-corrected chi connectivity index (χ2v) is 7.88. The molecule has 2 heterocycles. The molecule has 0 saturated carbocycles. The monoisotopic (exact) mass is 384 g/mol. The van der Waals surface area contributed by atoms with Gasteiger partial charge in [0.25, 0.3) is 11.1 Å². The number of fused-ring (bicyclic) bond motifs is 1. The van der Waals surface area contributed by atoms with Crippen LogP contribution in [0.5, 0.6) is 0 Å². The summed E-state index contributed by atoms with van der Waals surface area (Å²) in [4.78, 5) is 26.3. The van der Waals surface area contributed by atoms with Crippen LogP contribution in [-0.2, 0) is 6.54 Å². The van der Waals surface area contributed by atoms with Gasteiger partial charge in [-0.05, 0) is 25.0 Å². The van der Waals surface area contributed by atoms with Gasteiger partial charge in [0.2, 0.25) is 0 Å². The zero-order valence-corrected chi connectivity index (χ0v) is 16.6. The Balaban J connectivity index is 2.06. The van der Waals surface area contributed by atoms with Crippen molar-refractivity contribution in [2.24, 2.45) is 5.92 Å². The zero-order valence-electron chi connectivity index (χ0n) is 15.8. The minimum Gasteiger partial charge on any atom is -0.398 e. The van der Waals surface area contributed by atoms with Crippen molar-refractivity contribution in [3.63, 3.8) is 0 Å². The molecule has 7 heteroatoms. The van der Waals surface area contributed by atoms with Gasteiger partial charge in [-0.2, -0.15) is 0 Å². The van der Waals surface area contributed by atoms with Crippen LogP contribution >= 0.6 is 11.8 Å². The Morgan fingerprint density at radius 2 is 2.04 bits per heavy atom. The Bertz CT molecular complexity index is 1120. The van der Waals surface area contributed by atoms with Gasteiger partial charge in [0.1, 0.15) is 0 Å². The summed E-state index contributed by atoms with van der Waals surface area (Å²) in [5.74, 6) is 0.353. The lowest BCUT2D eigenvalue weighted by atomic mass is 10.1. The number of nitrogens with two attached hydrogens (primary N) is 1. The summed E-state index contributed by atoms with van der Waals surface area (Å²) in [5.41, 5.74) is 7.47.